The van der Waals surface area contributed by atoms with Gasteiger partial charge in [-0.25, -0.2) is 4.98 Å². The van der Waals surface area contributed by atoms with Crippen molar-refractivity contribution in [3.63, 3.8) is 0 Å². The summed E-state index contributed by atoms with van der Waals surface area (Å²) in [6, 6.07) is 2.32. The van der Waals surface area contributed by atoms with Gasteiger partial charge in [-0.3, -0.25) is 0 Å². The lowest BCUT2D eigenvalue weighted by atomic mass is 10.2. The first kappa shape index (κ1) is 10.9. The quantitative estimate of drug-likeness (QED) is 0.895. The fourth-order valence-corrected chi connectivity index (χ4v) is 2.23. The summed E-state index contributed by atoms with van der Waals surface area (Å²) in [5, 5.41) is 9.24. The number of nitrogens with zero attached hydrogens (tertiary/aromatic N) is 2. The smallest absolute Gasteiger partial charge is 0.129 e. The van der Waals surface area contributed by atoms with Crippen LogP contribution in [0.2, 0.25) is 0 Å². The molecular formula is C11H15BrN2O. The summed E-state index contributed by atoms with van der Waals surface area (Å²) in [6.45, 7) is 3.27. The predicted octanol–water partition coefficient (Wildman–Crippen LogP) is 2.11. The molecule has 0 aliphatic carbocycles. The molecule has 1 aromatic heterocycles. The molecule has 1 aromatic rings. The predicted molar refractivity (Wildman–Crippen MR) is 64.1 cm³/mol. The fraction of sp³-hybridized carbons (Fsp3) is 0.545. The minimum absolute atomic E-state index is 0.219. The van der Waals surface area contributed by atoms with E-state index in [-0.39, 0.29) is 12.6 Å². The van der Waals surface area contributed by atoms with Crippen molar-refractivity contribution >= 4 is 21.7 Å². The van der Waals surface area contributed by atoms with Gasteiger partial charge in [0.2, 0.25) is 0 Å². The van der Waals surface area contributed by atoms with Crippen LogP contribution in [-0.2, 0) is 0 Å². The van der Waals surface area contributed by atoms with Gasteiger partial charge in [-0.1, -0.05) is 0 Å². The molecule has 1 N–H and O–H groups in total. The minimum Gasteiger partial charge on any atom is -0.394 e. The molecule has 0 saturated carbocycles. The summed E-state index contributed by atoms with van der Waals surface area (Å²) in [7, 11) is 0. The summed E-state index contributed by atoms with van der Waals surface area (Å²) in [5.41, 5.74) is 1.18. The molecule has 0 radical (unpaired) electrons. The van der Waals surface area contributed by atoms with Gasteiger partial charge in [0.15, 0.2) is 0 Å². The summed E-state index contributed by atoms with van der Waals surface area (Å²) in [6.07, 6.45) is 4.03. The van der Waals surface area contributed by atoms with E-state index in [9.17, 15) is 5.11 Å². The molecule has 2 heterocycles. The van der Waals surface area contributed by atoms with E-state index in [1.165, 1.54) is 5.56 Å². The normalized spacial score (nSPS) is 21.0. The largest absolute Gasteiger partial charge is 0.394 e. The first-order chi connectivity index (χ1) is 7.22. The Hall–Kier alpha value is -0.610. The van der Waals surface area contributed by atoms with Crippen molar-refractivity contribution in [1.82, 2.24) is 4.98 Å². The Labute approximate surface area is 98.3 Å². The van der Waals surface area contributed by atoms with Gasteiger partial charge in [0.25, 0.3) is 0 Å². The van der Waals surface area contributed by atoms with Crippen LogP contribution < -0.4 is 4.90 Å². The van der Waals surface area contributed by atoms with E-state index in [1.54, 1.807) is 0 Å². The van der Waals surface area contributed by atoms with E-state index in [1.807, 2.05) is 6.20 Å². The molecule has 0 spiro atoms. The highest BCUT2D eigenvalue weighted by Crippen LogP contribution is 2.26. The highest BCUT2D eigenvalue weighted by atomic mass is 79.9. The van der Waals surface area contributed by atoms with Crippen molar-refractivity contribution in [2.24, 2.45) is 0 Å². The van der Waals surface area contributed by atoms with Crippen molar-refractivity contribution in [2.75, 3.05) is 18.1 Å². The number of aliphatic hydroxyl groups excluding tert-OH is 1. The lowest BCUT2D eigenvalue weighted by Crippen LogP contribution is -2.32. The van der Waals surface area contributed by atoms with Gasteiger partial charge in [-0.05, 0) is 47.3 Å². The molecule has 1 fully saturated rings. The highest BCUT2D eigenvalue weighted by molar-refractivity contribution is 9.10. The lowest BCUT2D eigenvalue weighted by molar-refractivity contribution is 0.266. The molecule has 3 nitrogen and oxygen atoms in total. The lowest BCUT2D eigenvalue weighted by Gasteiger charge is -2.24. The summed E-state index contributed by atoms with van der Waals surface area (Å²) >= 11 is 3.44. The molecular weight excluding hydrogens is 256 g/mol. The number of rotatable bonds is 2. The first-order valence-electron chi connectivity index (χ1n) is 5.22. The molecule has 1 atom stereocenters. The summed E-state index contributed by atoms with van der Waals surface area (Å²) in [4.78, 5) is 6.58. The Bertz CT molecular complexity index is 356. The van der Waals surface area contributed by atoms with Crippen LogP contribution in [0.4, 0.5) is 5.82 Å². The van der Waals surface area contributed by atoms with Crippen LogP contribution in [0.1, 0.15) is 18.4 Å². The molecule has 1 aliphatic rings. The molecule has 15 heavy (non-hydrogen) atoms. The summed E-state index contributed by atoms with van der Waals surface area (Å²) in [5.74, 6) is 0.979. The number of anilines is 1. The average molecular weight is 271 g/mol. The molecule has 82 valence electrons. The maximum Gasteiger partial charge on any atom is 0.129 e. The zero-order valence-electron chi connectivity index (χ0n) is 8.78. The van der Waals surface area contributed by atoms with Gasteiger partial charge in [-0.15, -0.1) is 0 Å². The van der Waals surface area contributed by atoms with Crippen molar-refractivity contribution in [3.8, 4) is 0 Å². The van der Waals surface area contributed by atoms with Crippen molar-refractivity contribution < 1.29 is 5.11 Å². The Balaban J connectivity index is 2.25. The van der Waals surface area contributed by atoms with Crippen molar-refractivity contribution in [1.29, 1.82) is 0 Å². The third kappa shape index (κ3) is 2.16. The molecule has 2 rings (SSSR count). The second-order valence-corrected chi connectivity index (χ2v) is 4.82. The van der Waals surface area contributed by atoms with E-state index in [4.69, 9.17) is 0 Å². The molecule has 4 heteroatoms. The van der Waals surface area contributed by atoms with Gasteiger partial charge in [0.05, 0.1) is 12.6 Å². The molecule has 1 unspecified atom stereocenters. The number of hydrogen-bond donors (Lipinski definition) is 1. The average Bonchev–Trinajstić information content (AvgIpc) is 2.70. The van der Waals surface area contributed by atoms with E-state index in [2.05, 4.69) is 38.8 Å². The van der Waals surface area contributed by atoms with Crippen LogP contribution in [0.5, 0.6) is 0 Å². The van der Waals surface area contributed by atoms with Crippen LogP contribution >= 0.6 is 15.9 Å². The van der Waals surface area contributed by atoms with E-state index < -0.39 is 0 Å². The number of pyridine rings is 1. The number of hydrogen-bond acceptors (Lipinski definition) is 3. The monoisotopic (exact) mass is 270 g/mol. The zero-order chi connectivity index (χ0) is 10.8. The topological polar surface area (TPSA) is 36.4 Å². The fourth-order valence-electron chi connectivity index (χ4n) is 2.01. The van der Waals surface area contributed by atoms with Gasteiger partial charge >= 0.3 is 0 Å². The molecule has 0 bridgehead atoms. The van der Waals surface area contributed by atoms with E-state index in [0.29, 0.717) is 0 Å². The maximum absolute atomic E-state index is 9.24. The Morgan fingerprint density at radius 2 is 2.47 bits per heavy atom. The Kier molecular flexibility index (Phi) is 3.26. The second kappa shape index (κ2) is 4.49. The minimum atomic E-state index is 0.219. The Morgan fingerprint density at radius 1 is 1.67 bits per heavy atom. The third-order valence-electron chi connectivity index (χ3n) is 2.91. The van der Waals surface area contributed by atoms with Gasteiger partial charge in [-0.2, -0.15) is 0 Å². The van der Waals surface area contributed by atoms with Crippen molar-refractivity contribution in [3.05, 3.63) is 22.3 Å². The number of aromatic nitrogens is 1. The van der Waals surface area contributed by atoms with E-state index >= 15 is 0 Å². The van der Waals surface area contributed by atoms with Crippen LogP contribution in [-0.4, -0.2) is 29.3 Å². The number of aryl methyl sites for hydroxylation is 1. The van der Waals surface area contributed by atoms with Crippen LogP contribution in [0.15, 0.2) is 16.7 Å². The molecule has 1 aliphatic heterocycles. The maximum atomic E-state index is 9.24. The van der Waals surface area contributed by atoms with Crippen LogP contribution in [0, 0.1) is 6.92 Å². The van der Waals surface area contributed by atoms with Crippen LogP contribution in [0.25, 0.3) is 0 Å². The van der Waals surface area contributed by atoms with Gasteiger partial charge < -0.3 is 10.0 Å². The number of aliphatic hydroxyl groups is 1. The molecule has 0 aromatic carbocycles. The molecule has 1 saturated heterocycles. The Morgan fingerprint density at radius 3 is 3.13 bits per heavy atom. The SMILES string of the molecule is Cc1cc(N2CCCC2CO)ncc1Br. The van der Waals surface area contributed by atoms with E-state index in [0.717, 1.165) is 29.7 Å². The number of halogens is 1. The van der Waals surface area contributed by atoms with Gasteiger partial charge in [0, 0.05) is 17.2 Å². The van der Waals surface area contributed by atoms with Gasteiger partial charge in [0.1, 0.15) is 5.82 Å². The third-order valence-corrected chi connectivity index (χ3v) is 3.74. The highest BCUT2D eigenvalue weighted by Gasteiger charge is 2.24. The summed E-state index contributed by atoms with van der Waals surface area (Å²) < 4.78 is 1.03. The second-order valence-electron chi connectivity index (χ2n) is 3.96. The first-order valence-corrected chi connectivity index (χ1v) is 6.01. The van der Waals surface area contributed by atoms with Crippen molar-refractivity contribution in [2.45, 2.75) is 25.8 Å². The zero-order valence-corrected chi connectivity index (χ0v) is 10.4. The molecule has 0 amide bonds. The van der Waals surface area contributed by atoms with Crippen LogP contribution in [0.3, 0.4) is 0 Å². The standard InChI is InChI=1S/C11H15BrN2O/c1-8-5-11(13-6-10(8)12)14-4-2-3-9(14)7-15/h5-6,9,15H,2-4,7H2,1H3.